The van der Waals surface area contributed by atoms with Gasteiger partial charge in [0.1, 0.15) is 6.26 Å². The van der Waals surface area contributed by atoms with Crippen molar-refractivity contribution in [1.29, 1.82) is 0 Å². The van der Waals surface area contributed by atoms with Gasteiger partial charge in [0.2, 0.25) is 0 Å². The SMILES string of the molecule is CC(NCc1ccon1)c1cc2ccccc2s1. The summed E-state index contributed by atoms with van der Waals surface area (Å²) < 4.78 is 6.15. The number of fused-ring (bicyclic) bond motifs is 1. The molecule has 1 aromatic carbocycles. The van der Waals surface area contributed by atoms with Crippen LogP contribution in [0.3, 0.4) is 0 Å². The fourth-order valence-electron chi connectivity index (χ4n) is 1.90. The van der Waals surface area contributed by atoms with Crippen LogP contribution in [-0.4, -0.2) is 5.16 Å². The van der Waals surface area contributed by atoms with Gasteiger partial charge in [0.05, 0.1) is 5.69 Å². The molecule has 0 saturated carbocycles. The lowest BCUT2D eigenvalue weighted by Gasteiger charge is -2.09. The average Bonchev–Trinajstić information content (AvgIpc) is 3.04. The summed E-state index contributed by atoms with van der Waals surface area (Å²) in [6.45, 7) is 2.90. The zero-order valence-electron chi connectivity index (χ0n) is 10.1. The summed E-state index contributed by atoms with van der Waals surface area (Å²) in [6.07, 6.45) is 1.60. The molecule has 92 valence electrons. The van der Waals surface area contributed by atoms with Crippen molar-refractivity contribution >= 4 is 21.4 Å². The number of benzene rings is 1. The van der Waals surface area contributed by atoms with Crippen LogP contribution < -0.4 is 5.32 Å². The molecule has 0 aliphatic rings. The summed E-state index contributed by atoms with van der Waals surface area (Å²) in [4.78, 5) is 1.35. The van der Waals surface area contributed by atoms with Crippen LogP contribution in [0.2, 0.25) is 0 Å². The molecule has 1 N–H and O–H groups in total. The van der Waals surface area contributed by atoms with Crippen LogP contribution in [0.1, 0.15) is 23.5 Å². The highest BCUT2D eigenvalue weighted by molar-refractivity contribution is 7.19. The molecule has 0 bridgehead atoms. The quantitative estimate of drug-likeness (QED) is 0.774. The standard InChI is InChI=1S/C14H14N2OS/c1-10(15-9-12-6-7-17-16-12)14-8-11-4-2-3-5-13(11)18-14/h2-8,10,15H,9H2,1H3. The van der Waals surface area contributed by atoms with E-state index in [1.165, 1.54) is 15.0 Å². The minimum atomic E-state index is 0.319. The van der Waals surface area contributed by atoms with Crippen LogP contribution in [0.15, 0.2) is 47.2 Å². The molecule has 2 aromatic heterocycles. The minimum Gasteiger partial charge on any atom is -0.364 e. The molecule has 0 radical (unpaired) electrons. The number of rotatable bonds is 4. The van der Waals surface area contributed by atoms with Gasteiger partial charge in [-0.3, -0.25) is 0 Å². The van der Waals surface area contributed by atoms with Crippen molar-refractivity contribution in [2.75, 3.05) is 0 Å². The van der Waals surface area contributed by atoms with Crippen LogP contribution in [-0.2, 0) is 6.54 Å². The molecule has 3 nitrogen and oxygen atoms in total. The Balaban J connectivity index is 1.73. The molecule has 2 heterocycles. The van der Waals surface area contributed by atoms with Gasteiger partial charge < -0.3 is 9.84 Å². The second-order valence-corrected chi connectivity index (χ2v) is 5.40. The molecule has 4 heteroatoms. The monoisotopic (exact) mass is 258 g/mol. The molecule has 1 atom stereocenters. The number of nitrogens with one attached hydrogen (secondary N) is 1. The van der Waals surface area contributed by atoms with Crippen molar-refractivity contribution in [1.82, 2.24) is 10.5 Å². The van der Waals surface area contributed by atoms with Crippen molar-refractivity contribution < 1.29 is 4.52 Å². The van der Waals surface area contributed by atoms with E-state index in [0.717, 1.165) is 12.2 Å². The van der Waals surface area contributed by atoms with Crippen LogP contribution in [0.4, 0.5) is 0 Å². The van der Waals surface area contributed by atoms with E-state index in [9.17, 15) is 0 Å². The van der Waals surface area contributed by atoms with Gasteiger partial charge in [-0.25, -0.2) is 0 Å². The van der Waals surface area contributed by atoms with Crippen LogP contribution in [0, 0.1) is 0 Å². The van der Waals surface area contributed by atoms with Crippen LogP contribution >= 0.6 is 11.3 Å². The molecule has 0 aliphatic heterocycles. The first-order chi connectivity index (χ1) is 8.83. The summed E-state index contributed by atoms with van der Waals surface area (Å²) in [5.74, 6) is 0. The predicted molar refractivity (Wildman–Crippen MR) is 73.6 cm³/mol. The highest BCUT2D eigenvalue weighted by atomic mass is 32.1. The highest BCUT2D eigenvalue weighted by Crippen LogP contribution is 2.29. The third-order valence-electron chi connectivity index (χ3n) is 2.95. The van der Waals surface area contributed by atoms with Gasteiger partial charge in [0.15, 0.2) is 0 Å². The number of nitrogens with zero attached hydrogens (tertiary/aromatic N) is 1. The Kier molecular flexibility index (Phi) is 3.13. The largest absolute Gasteiger partial charge is 0.364 e. The second-order valence-electron chi connectivity index (χ2n) is 4.28. The van der Waals surface area contributed by atoms with Gasteiger partial charge in [-0.1, -0.05) is 23.4 Å². The maximum Gasteiger partial charge on any atom is 0.124 e. The van der Waals surface area contributed by atoms with Crippen LogP contribution in [0.5, 0.6) is 0 Å². The number of thiophene rings is 1. The normalized spacial score (nSPS) is 12.9. The first kappa shape index (κ1) is 11.4. The third kappa shape index (κ3) is 2.30. The Morgan fingerprint density at radius 3 is 3.00 bits per heavy atom. The van der Waals surface area contributed by atoms with E-state index >= 15 is 0 Å². The van der Waals surface area contributed by atoms with Gasteiger partial charge in [-0.2, -0.15) is 0 Å². The van der Waals surface area contributed by atoms with Crippen molar-refractivity contribution in [3.8, 4) is 0 Å². The summed E-state index contributed by atoms with van der Waals surface area (Å²) in [5.41, 5.74) is 0.933. The third-order valence-corrected chi connectivity index (χ3v) is 4.25. The fraction of sp³-hybridized carbons (Fsp3) is 0.214. The zero-order chi connectivity index (χ0) is 12.4. The van der Waals surface area contributed by atoms with Crippen molar-refractivity contribution in [3.05, 3.63) is 53.2 Å². The Morgan fingerprint density at radius 2 is 2.22 bits per heavy atom. The van der Waals surface area contributed by atoms with E-state index in [1.807, 2.05) is 17.4 Å². The van der Waals surface area contributed by atoms with Crippen LogP contribution in [0.25, 0.3) is 10.1 Å². The predicted octanol–water partition coefficient (Wildman–Crippen LogP) is 3.74. The zero-order valence-corrected chi connectivity index (χ0v) is 10.9. The lowest BCUT2D eigenvalue weighted by molar-refractivity contribution is 0.406. The van der Waals surface area contributed by atoms with Gasteiger partial charge in [0.25, 0.3) is 0 Å². The summed E-state index contributed by atoms with van der Waals surface area (Å²) >= 11 is 1.84. The first-order valence-electron chi connectivity index (χ1n) is 5.94. The van der Waals surface area contributed by atoms with Gasteiger partial charge in [-0.05, 0) is 24.4 Å². The molecule has 0 fully saturated rings. The number of aromatic nitrogens is 1. The smallest absolute Gasteiger partial charge is 0.124 e. The average molecular weight is 258 g/mol. The Labute approximate surface area is 109 Å². The Bertz CT molecular complexity index is 597. The lowest BCUT2D eigenvalue weighted by atomic mass is 10.2. The maximum absolute atomic E-state index is 4.81. The summed E-state index contributed by atoms with van der Waals surface area (Å²) in [6, 6.07) is 12.9. The lowest BCUT2D eigenvalue weighted by Crippen LogP contribution is -2.17. The van der Waals surface area contributed by atoms with E-state index < -0.39 is 0 Å². The van der Waals surface area contributed by atoms with Crippen molar-refractivity contribution in [3.63, 3.8) is 0 Å². The summed E-state index contributed by atoms with van der Waals surface area (Å²) in [5, 5.41) is 8.65. The Hall–Kier alpha value is -1.65. The maximum atomic E-state index is 4.81. The number of hydrogen-bond acceptors (Lipinski definition) is 4. The topological polar surface area (TPSA) is 38.1 Å². The number of hydrogen-bond donors (Lipinski definition) is 1. The molecule has 18 heavy (non-hydrogen) atoms. The van der Waals surface area contributed by atoms with E-state index in [0.29, 0.717) is 6.04 Å². The molecular formula is C14H14N2OS. The van der Waals surface area contributed by atoms with E-state index in [-0.39, 0.29) is 0 Å². The first-order valence-corrected chi connectivity index (χ1v) is 6.76. The molecule has 3 aromatic rings. The van der Waals surface area contributed by atoms with E-state index in [1.54, 1.807) is 6.26 Å². The molecule has 0 aliphatic carbocycles. The van der Waals surface area contributed by atoms with Crippen molar-refractivity contribution in [2.24, 2.45) is 0 Å². The highest BCUT2D eigenvalue weighted by Gasteiger charge is 2.09. The summed E-state index contributed by atoms with van der Waals surface area (Å²) in [7, 11) is 0. The van der Waals surface area contributed by atoms with E-state index in [2.05, 4.69) is 47.7 Å². The Morgan fingerprint density at radius 1 is 1.33 bits per heavy atom. The van der Waals surface area contributed by atoms with Gasteiger partial charge in [0, 0.05) is 28.2 Å². The molecule has 0 saturated heterocycles. The molecule has 0 amide bonds. The van der Waals surface area contributed by atoms with Gasteiger partial charge >= 0.3 is 0 Å². The molecule has 1 unspecified atom stereocenters. The van der Waals surface area contributed by atoms with Crippen molar-refractivity contribution in [2.45, 2.75) is 19.5 Å². The minimum absolute atomic E-state index is 0.319. The molecule has 3 rings (SSSR count). The fourth-order valence-corrected chi connectivity index (χ4v) is 2.99. The van der Waals surface area contributed by atoms with E-state index in [4.69, 9.17) is 4.52 Å². The molecule has 0 spiro atoms. The molecular weight excluding hydrogens is 244 g/mol. The second kappa shape index (κ2) is 4.92. The van der Waals surface area contributed by atoms with Gasteiger partial charge in [-0.15, -0.1) is 11.3 Å².